The summed E-state index contributed by atoms with van der Waals surface area (Å²) in [4.78, 5) is 0. The molecule has 2 rings (SSSR count). The average molecular weight is 423 g/mol. The zero-order chi connectivity index (χ0) is 23.8. The fraction of sp³-hybridized carbons (Fsp3) is 0.407. The maximum atomic E-state index is 5.71. The molecule has 0 radical (unpaired) electrons. The summed E-state index contributed by atoms with van der Waals surface area (Å²) in [6.45, 7) is 22.4. The van der Waals surface area contributed by atoms with Crippen molar-refractivity contribution in [2.24, 2.45) is 17.0 Å². The van der Waals surface area contributed by atoms with Gasteiger partial charge in [-0.3, -0.25) is 5.84 Å². The Bertz CT molecular complexity index is 856. The Labute approximate surface area is 190 Å². The molecule has 0 aromatic heterocycles. The Morgan fingerprint density at radius 3 is 1.97 bits per heavy atom. The highest BCUT2D eigenvalue weighted by Crippen LogP contribution is 2.24. The van der Waals surface area contributed by atoms with E-state index in [0.717, 1.165) is 24.4 Å². The molecule has 0 aliphatic carbocycles. The molecule has 5 N–H and O–H groups in total. The second-order valence-corrected chi connectivity index (χ2v) is 9.91. The van der Waals surface area contributed by atoms with Gasteiger partial charge in [0.05, 0.1) is 0 Å². The molecule has 2 aromatic carbocycles. The number of nitrogens with two attached hydrogens (primary N) is 2. The third-order valence-corrected chi connectivity index (χ3v) is 5.34. The van der Waals surface area contributed by atoms with Gasteiger partial charge in [-0.25, -0.2) is 5.01 Å². The van der Waals surface area contributed by atoms with Gasteiger partial charge in [0.1, 0.15) is 0 Å². The molecular formula is C27H42N4. The van der Waals surface area contributed by atoms with Crippen molar-refractivity contribution < 1.29 is 0 Å². The van der Waals surface area contributed by atoms with Crippen LogP contribution in [0.2, 0.25) is 0 Å². The Morgan fingerprint density at radius 1 is 0.968 bits per heavy atom. The number of aryl methyl sites for hydroxylation is 1. The maximum Gasteiger partial charge on any atom is 0.0400 e. The SMILES string of the molecule is C=C(N)c1ccc(C(C)(C)C)cc1.C=C(NCc1ccccc1C)C(C)(C)CN(C)N. The molecule has 0 aliphatic heterocycles. The molecule has 170 valence electrons. The van der Waals surface area contributed by atoms with Crippen molar-refractivity contribution in [1.29, 1.82) is 0 Å². The molecule has 0 bridgehead atoms. The summed E-state index contributed by atoms with van der Waals surface area (Å²) in [6, 6.07) is 16.6. The minimum Gasteiger partial charge on any atom is -0.399 e. The van der Waals surface area contributed by atoms with Crippen LogP contribution in [0.3, 0.4) is 0 Å². The van der Waals surface area contributed by atoms with Gasteiger partial charge in [-0.1, -0.05) is 96.3 Å². The number of rotatable bonds is 7. The van der Waals surface area contributed by atoms with Crippen LogP contribution in [0.25, 0.3) is 5.70 Å². The van der Waals surface area contributed by atoms with Gasteiger partial charge in [0.2, 0.25) is 0 Å². The van der Waals surface area contributed by atoms with Crippen molar-refractivity contribution in [2.75, 3.05) is 13.6 Å². The lowest BCUT2D eigenvalue weighted by Crippen LogP contribution is -2.39. The van der Waals surface area contributed by atoms with Gasteiger partial charge >= 0.3 is 0 Å². The molecule has 0 amide bonds. The molecule has 0 saturated carbocycles. The van der Waals surface area contributed by atoms with Gasteiger partial charge in [0.15, 0.2) is 0 Å². The van der Waals surface area contributed by atoms with Crippen molar-refractivity contribution in [2.45, 2.75) is 53.5 Å². The third kappa shape index (κ3) is 8.99. The lowest BCUT2D eigenvalue weighted by molar-refractivity contribution is 0.238. The van der Waals surface area contributed by atoms with Crippen LogP contribution in [0.5, 0.6) is 0 Å². The summed E-state index contributed by atoms with van der Waals surface area (Å²) in [5.41, 5.74) is 12.3. The number of hydrogen-bond acceptors (Lipinski definition) is 4. The van der Waals surface area contributed by atoms with Crippen molar-refractivity contribution in [1.82, 2.24) is 10.3 Å². The number of hydrogen-bond donors (Lipinski definition) is 3. The van der Waals surface area contributed by atoms with E-state index < -0.39 is 0 Å². The largest absolute Gasteiger partial charge is 0.399 e. The third-order valence-electron chi connectivity index (χ3n) is 5.34. The molecule has 0 aliphatic rings. The highest BCUT2D eigenvalue weighted by Gasteiger charge is 2.22. The van der Waals surface area contributed by atoms with Crippen LogP contribution in [-0.2, 0) is 12.0 Å². The minimum absolute atomic E-state index is 0.0494. The van der Waals surface area contributed by atoms with E-state index in [-0.39, 0.29) is 10.8 Å². The summed E-state index contributed by atoms with van der Waals surface area (Å²) in [6.07, 6.45) is 0. The summed E-state index contributed by atoms with van der Waals surface area (Å²) in [5.74, 6) is 5.71. The molecule has 4 nitrogen and oxygen atoms in total. The smallest absolute Gasteiger partial charge is 0.0400 e. The molecule has 0 saturated heterocycles. The zero-order valence-corrected chi connectivity index (χ0v) is 20.5. The highest BCUT2D eigenvalue weighted by atomic mass is 15.4. The standard InChI is InChI=1S/C15H25N3.C12H17N/c1-12-8-6-7-9-14(12)10-17-13(2)15(3,4)11-18(5)16;1-9(13)10-5-7-11(8-6-10)12(2,3)4/h6-9,17H,2,10-11,16H2,1,3-5H3;5-8H,1,13H2,2-4H3. The Morgan fingerprint density at radius 2 is 1.52 bits per heavy atom. The van der Waals surface area contributed by atoms with Gasteiger partial charge < -0.3 is 11.1 Å². The molecule has 4 heteroatoms. The quantitative estimate of drug-likeness (QED) is 0.416. The van der Waals surface area contributed by atoms with Crippen LogP contribution in [0.4, 0.5) is 0 Å². The van der Waals surface area contributed by atoms with Crippen LogP contribution in [0, 0.1) is 12.3 Å². The van der Waals surface area contributed by atoms with E-state index in [9.17, 15) is 0 Å². The summed E-state index contributed by atoms with van der Waals surface area (Å²) >= 11 is 0. The van der Waals surface area contributed by atoms with Gasteiger partial charge in [-0.2, -0.15) is 0 Å². The van der Waals surface area contributed by atoms with E-state index in [1.165, 1.54) is 16.7 Å². The maximum absolute atomic E-state index is 5.71. The topological polar surface area (TPSA) is 67.3 Å². The van der Waals surface area contributed by atoms with E-state index in [2.05, 4.69) is 96.4 Å². The predicted octanol–water partition coefficient (Wildman–Crippen LogP) is 5.34. The van der Waals surface area contributed by atoms with Gasteiger partial charge in [0, 0.05) is 36.9 Å². The van der Waals surface area contributed by atoms with E-state index in [4.69, 9.17) is 11.6 Å². The number of hydrazine groups is 1. The molecule has 0 fully saturated rings. The average Bonchev–Trinajstić information content (AvgIpc) is 2.66. The van der Waals surface area contributed by atoms with Gasteiger partial charge in [-0.05, 0) is 34.6 Å². The van der Waals surface area contributed by atoms with Crippen molar-refractivity contribution in [3.63, 3.8) is 0 Å². The van der Waals surface area contributed by atoms with Gasteiger partial charge in [0.25, 0.3) is 0 Å². The lowest BCUT2D eigenvalue weighted by Gasteiger charge is -2.31. The second kappa shape index (κ2) is 11.2. The first-order chi connectivity index (χ1) is 14.2. The molecule has 0 unspecified atom stereocenters. The fourth-order valence-electron chi connectivity index (χ4n) is 3.15. The first-order valence-electron chi connectivity index (χ1n) is 10.7. The molecule has 0 spiro atoms. The van der Waals surface area contributed by atoms with Crippen LogP contribution in [-0.4, -0.2) is 18.6 Å². The minimum atomic E-state index is -0.0494. The number of nitrogens with zero attached hydrogens (tertiary/aromatic N) is 1. The molecule has 0 atom stereocenters. The second-order valence-electron chi connectivity index (χ2n) is 9.91. The van der Waals surface area contributed by atoms with E-state index >= 15 is 0 Å². The summed E-state index contributed by atoms with van der Waals surface area (Å²) in [7, 11) is 1.87. The Kier molecular flexibility index (Phi) is 9.54. The lowest BCUT2D eigenvalue weighted by atomic mass is 9.86. The molecular weight excluding hydrogens is 380 g/mol. The number of nitrogens with one attached hydrogen (secondary N) is 1. The van der Waals surface area contributed by atoms with E-state index in [0.29, 0.717) is 5.70 Å². The Balaban J connectivity index is 0.000000327. The molecule has 31 heavy (non-hydrogen) atoms. The van der Waals surface area contributed by atoms with Crippen LogP contribution < -0.4 is 16.9 Å². The highest BCUT2D eigenvalue weighted by molar-refractivity contribution is 5.60. The first kappa shape index (κ1) is 26.5. The normalized spacial score (nSPS) is 11.5. The molecule has 0 heterocycles. The monoisotopic (exact) mass is 422 g/mol. The summed E-state index contributed by atoms with van der Waals surface area (Å²) in [5, 5.41) is 5.10. The zero-order valence-electron chi connectivity index (χ0n) is 20.5. The first-order valence-corrected chi connectivity index (χ1v) is 10.7. The van der Waals surface area contributed by atoms with Crippen LogP contribution >= 0.6 is 0 Å². The van der Waals surface area contributed by atoms with Crippen molar-refractivity contribution >= 4 is 5.70 Å². The van der Waals surface area contributed by atoms with E-state index in [1.54, 1.807) is 5.01 Å². The van der Waals surface area contributed by atoms with E-state index in [1.807, 2.05) is 19.2 Å². The predicted molar refractivity (Wildman–Crippen MR) is 136 cm³/mol. The fourth-order valence-corrected chi connectivity index (χ4v) is 3.15. The Hall–Kier alpha value is -2.56. The molecule has 2 aromatic rings. The van der Waals surface area contributed by atoms with Crippen molar-refractivity contribution in [3.05, 3.63) is 89.6 Å². The van der Waals surface area contributed by atoms with Crippen molar-refractivity contribution in [3.8, 4) is 0 Å². The van der Waals surface area contributed by atoms with Crippen LogP contribution in [0.15, 0.2) is 67.4 Å². The summed E-state index contributed by atoms with van der Waals surface area (Å²) < 4.78 is 0. The number of benzene rings is 2. The van der Waals surface area contributed by atoms with Crippen LogP contribution in [0.1, 0.15) is 56.9 Å². The van der Waals surface area contributed by atoms with Gasteiger partial charge in [-0.15, -0.1) is 0 Å².